The number of aromatic amines is 1. The van der Waals surface area contributed by atoms with Gasteiger partial charge < -0.3 is 14.9 Å². The van der Waals surface area contributed by atoms with Crippen molar-refractivity contribution in [1.82, 2.24) is 9.55 Å². The molecule has 0 atom stereocenters. The third kappa shape index (κ3) is 2.77. The van der Waals surface area contributed by atoms with E-state index < -0.39 is 0 Å². The second-order valence-corrected chi connectivity index (χ2v) is 6.52. The molecule has 0 aliphatic heterocycles. The standard InChI is InChI=1S/C21H19N3O2/c1-13-14(2)21(26)23-18-11-16(7-8-17(13)18)22-20(25)12-24-10-9-15-5-3-4-6-19(15)24/h3-11H,12H2,1-2H3,(H,22,25)(H,23,26). The first-order valence-electron chi connectivity index (χ1n) is 8.50. The number of carbonyl (C=O) groups excluding carboxylic acids is 1. The van der Waals surface area contributed by atoms with E-state index >= 15 is 0 Å². The van der Waals surface area contributed by atoms with Crippen molar-refractivity contribution in [2.24, 2.45) is 0 Å². The molecule has 0 bridgehead atoms. The fraction of sp³-hybridized carbons (Fsp3) is 0.143. The maximum absolute atomic E-state index is 12.4. The van der Waals surface area contributed by atoms with E-state index in [4.69, 9.17) is 0 Å². The van der Waals surface area contributed by atoms with Crippen LogP contribution in [0, 0.1) is 13.8 Å². The summed E-state index contributed by atoms with van der Waals surface area (Å²) in [7, 11) is 0. The van der Waals surface area contributed by atoms with Gasteiger partial charge in [-0.3, -0.25) is 9.59 Å². The fourth-order valence-electron chi connectivity index (χ4n) is 3.27. The van der Waals surface area contributed by atoms with Crippen LogP contribution in [0.2, 0.25) is 0 Å². The van der Waals surface area contributed by atoms with Gasteiger partial charge >= 0.3 is 0 Å². The van der Waals surface area contributed by atoms with Gasteiger partial charge in [-0.05, 0) is 49.1 Å². The summed E-state index contributed by atoms with van der Waals surface area (Å²) in [5.41, 5.74) is 3.99. The van der Waals surface area contributed by atoms with Gasteiger partial charge in [-0.25, -0.2) is 0 Å². The van der Waals surface area contributed by atoms with Crippen LogP contribution in [0.25, 0.3) is 21.8 Å². The van der Waals surface area contributed by atoms with Crippen molar-refractivity contribution in [1.29, 1.82) is 0 Å². The lowest BCUT2D eigenvalue weighted by Gasteiger charge is -2.10. The molecule has 5 heteroatoms. The van der Waals surface area contributed by atoms with E-state index in [0.29, 0.717) is 11.3 Å². The molecule has 2 heterocycles. The maximum atomic E-state index is 12.4. The molecule has 0 aliphatic carbocycles. The summed E-state index contributed by atoms with van der Waals surface area (Å²) in [6, 6.07) is 15.5. The van der Waals surface area contributed by atoms with Crippen LogP contribution in [-0.2, 0) is 11.3 Å². The largest absolute Gasteiger partial charge is 0.338 e. The summed E-state index contributed by atoms with van der Waals surface area (Å²) in [4.78, 5) is 27.3. The number of fused-ring (bicyclic) bond motifs is 2. The van der Waals surface area contributed by atoms with Gasteiger partial charge in [0.05, 0.1) is 5.52 Å². The molecule has 130 valence electrons. The zero-order valence-corrected chi connectivity index (χ0v) is 14.7. The average Bonchev–Trinajstić information content (AvgIpc) is 3.02. The Morgan fingerprint density at radius 1 is 1.08 bits per heavy atom. The molecule has 1 amide bonds. The summed E-state index contributed by atoms with van der Waals surface area (Å²) in [6.45, 7) is 3.97. The van der Waals surface area contributed by atoms with E-state index in [1.54, 1.807) is 6.07 Å². The predicted octanol–water partition coefficient (Wildman–Crippen LogP) is 3.74. The number of pyridine rings is 1. The van der Waals surface area contributed by atoms with Crippen LogP contribution in [0.1, 0.15) is 11.1 Å². The molecule has 4 aromatic rings. The van der Waals surface area contributed by atoms with Gasteiger partial charge in [0.2, 0.25) is 5.91 Å². The van der Waals surface area contributed by atoms with Crippen molar-refractivity contribution >= 4 is 33.4 Å². The SMILES string of the molecule is Cc1c(C)c2ccc(NC(=O)Cn3ccc4ccccc43)cc2[nH]c1=O. The number of anilines is 1. The molecule has 0 spiro atoms. The fourth-order valence-corrected chi connectivity index (χ4v) is 3.27. The lowest BCUT2D eigenvalue weighted by Crippen LogP contribution is -2.18. The third-order valence-corrected chi connectivity index (χ3v) is 4.85. The number of hydrogen-bond donors (Lipinski definition) is 2. The lowest BCUT2D eigenvalue weighted by molar-refractivity contribution is -0.116. The van der Waals surface area contributed by atoms with Crippen LogP contribution in [0.15, 0.2) is 59.5 Å². The Morgan fingerprint density at radius 3 is 2.73 bits per heavy atom. The number of hydrogen-bond acceptors (Lipinski definition) is 2. The highest BCUT2D eigenvalue weighted by atomic mass is 16.2. The minimum atomic E-state index is -0.114. The summed E-state index contributed by atoms with van der Waals surface area (Å²) in [5, 5.41) is 5.00. The molecular formula is C21H19N3O2. The van der Waals surface area contributed by atoms with Gasteiger partial charge in [0, 0.05) is 28.4 Å². The summed E-state index contributed by atoms with van der Waals surface area (Å²) in [6.07, 6.45) is 1.91. The molecule has 0 radical (unpaired) electrons. The number of aryl methyl sites for hydroxylation is 1. The Kier molecular flexibility index (Phi) is 3.84. The predicted molar refractivity (Wildman–Crippen MR) is 105 cm³/mol. The highest BCUT2D eigenvalue weighted by Crippen LogP contribution is 2.21. The Balaban J connectivity index is 1.59. The molecule has 0 fully saturated rings. The Morgan fingerprint density at radius 2 is 1.88 bits per heavy atom. The molecule has 2 aromatic heterocycles. The molecular weight excluding hydrogens is 326 g/mol. The number of para-hydroxylation sites is 1. The van der Waals surface area contributed by atoms with Gasteiger partial charge in [0.15, 0.2) is 0 Å². The Labute approximate surface area is 150 Å². The highest BCUT2D eigenvalue weighted by molar-refractivity contribution is 5.95. The van der Waals surface area contributed by atoms with Crippen molar-refractivity contribution in [2.75, 3.05) is 5.32 Å². The van der Waals surface area contributed by atoms with Gasteiger partial charge in [-0.1, -0.05) is 24.3 Å². The van der Waals surface area contributed by atoms with Crippen LogP contribution in [0.5, 0.6) is 0 Å². The number of amides is 1. The van der Waals surface area contributed by atoms with Crippen molar-refractivity contribution < 1.29 is 4.79 Å². The normalized spacial score (nSPS) is 11.2. The van der Waals surface area contributed by atoms with E-state index in [0.717, 1.165) is 27.4 Å². The molecule has 0 saturated carbocycles. The van der Waals surface area contributed by atoms with Crippen molar-refractivity contribution in [3.63, 3.8) is 0 Å². The number of rotatable bonds is 3. The topological polar surface area (TPSA) is 66.9 Å². The molecule has 0 unspecified atom stereocenters. The monoisotopic (exact) mass is 345 g/mol. The molecule has 2 N–H and O–H groups in total. The van der Waals surface area contributed by atoms with Crippen molar-refractivity contribution in [3.8, 4) is 0 Å². The van der Waals surface area contributed by atoms with E-state index in [9.17, 15) is 9.59 Å². The molecule has 4 rings (SSSR count). The summed E-state index contributed by atoms with van der Waals surface area (Å²) in [5.74, 6) is -0.114. The molecule has 5 nitrogen and oxygen atoms in total. The molecule has 0 aliphatic rings. The van der Waals surface area contributed by atoms with Crippen LogP contribution in [0.3, 0.4) is 0 Å². The minimum Gasteiger partial charge on any atom is -0.338 e. The zero-order chi connectivity index (χ0) is 18.3. The summed E-state index contributed by atoms with van der Waals surface area (Å²) >= 11 is 0. The lowest BCUT2D eigenvalue weighted by atomic mass is 10.1. The first-order valence-corrected chi connectivity index (χ1v) is 8.50. The Bertz CT molecular complexity index is 1200. The first kappa shape index (κ1) is 16.1. The van der Waals surface area contributed by atoms with Crippen molar-refractivity contribution in [3.05, 3.63) is 76.2 Å². The number of nitrogens with one attached hydrogen (secondary N) is 2. The van der Waals surface area contributed by atoms with Gasteiger partial charge in [0.25, 0.3) is 5.56 Å². The van der Waals surface area contributed by atoms with E-state index in [1.165, 1.54) is 0 Å². The average molecular weight is 345 g/mol. The van der Waals surface area contributed by atoms with Crippen LogP contribution >= 0.6 is 0 Å². The number of H-pyrrole nitrogens is 1. The maximum Gasteiger partial charge on any atom is 0.251 e. The molecule has 26 heavy (non-hydrogen) atoms. The number of carbonyl (C=O) groups is 1. The van der Waals surface area contributed by atoms with Crippen LogP contribution < -0.4 is 10.9 Å². The van der Waals surface area contributed by atoms with E-state index in [2.05, 4.69) is 10.3 Å². The van der Waals surface area contributed by atoms with Gasteiger partial charge in [-0.2, -0.15) is 0 Å². The smallest absolute Gasteiger partial charge is 0.251 e. The summed E-state index contributed by atoms with van der Waals surface area (Å²) < 4.78 is 1.92. The first-order chi connectivity index (χ1) is 12.5. The van der Waals surface area contributed by atoms with E-state index in [-0.39, 0.29) is 18.0 Å². The van der Waals surface area contributed by atoms with Gasteiger partial charge in [0.1, 0.15) is 6.54 Å². The number of benzene rings is 2. The minimum absolute atomic E-state index is 0.0997. The van der Waals surface area contributed by atoms with Gasteiger partial charge in [-0.15, -0.1) is 0 Å². The van der Waals surface area contributed by atoms with Crippen LogP contribution in [0.4, 0.5) is 5.69 Å². The number of aromatic nitrogens is 2. The molecule has 2 aromatic carbocycles. The molecule has 0 saturated heterocycles. The zero-order valence-electron chi connectivity index (χ0n) is 14.7. The van der Waals surface area contributed by atoms with E-state index in [1.807, 2.05) is 67.1 Å². The quantitative estimate of drug-likeness (QED) is 0.594. The second-order valence-electron chi connectivity index (χ2n) is 6.52. The van der Waals surface area contributed by atoms with Crippen molar-refractivity contribution in [2.45, 2.75) is 20.4 Å². The third-order valence-electron chi connectivity index (χ3n) is 4.85. The second kappa shape index (κ2) is 6.19. The highest BCUT2D eigenvalue weighted by Gasteiger charge is 2.09. The van der Waals surface area contributed by atoms with Crippen LogP contribution in [-0.4, -0.2) is 15.5 Å². The Hall–Kier alpha value is -3.34. The number of nitrogens with zero attached hydrogens (tertiary/aromatic N) is 1.